The van der Waals surface area contributed by atoms with Crippen LogP contribution in [0.3, 0.4) is 0 Å². The predicted octanol–water partition coefficient (Wildman–Crippen LogP) is 1.94. The summed E-state index contributed by atoms with van der Waals surface area (Å²) in [5.74, 6) is 0. The van der Waals surface area contributed by atoms with Crippen molar-refractivity contribution in [3.63, 3.8) is 0 Å². The normalized spacial score (nSPS) is 28.1. The molecule has 1 saturated heterocycles. The first-order valence-electron chi connectivity index (χ1n) is 4.97. The van der Waals surface area contributed by atoms with Crippen molar-refractivity contribution >= 4 is 6.09 Å². The summed E-state index contributed by atoms with van der Waals surface area (Å²) in [4.78, 5) is 12.2. The number of carboxylic acid groups (broad SMARTS) is 1. The van der Waals surface area contributed by atoms with Crippen LogP contribution >= 0.6 is 0 Å². The monoisotopic (exact) mass is 201 g/mol. The van der Waals surface area contributed by atoms with Crippen LogP contribution in [0.1, 0.15) is 34.1 Å². The minimum atomic E-state index is -0.850. The van der Waals surface area contributed by atoms with Crippen LogP contribution in [0.15, 0.2) is 0 Å². The van der Waals surface area contributed by atoms with Crippen molar-refractivity contribution in [3.8, 4) is 0 Å². The maximum atomic E-state index is 10.8. The molecule has 0 aromatic rings. The van der Waals surface area contributed by atoms with Gasteiger partial charge in [-0.15, -0.1) is 0 Å². The van der Waals surface area contributed by atoms with Crippen molar-refractivity contribution in [1.82, 2.24) is 4.90 Å². The number of hydrogen-bond donors (Lipinski definition) is 1. The van der Waals surface area contributed by atoms with E-state index in [-0.39, 0.29) is 17.7 Å². The second-order valence-corrected chi connectivity index (χ2v) is 4.87. The molecule has 1 unspecified atom stereocenters. The summed E-state index contributed by atoms with van der Waals surface area (Å²) in [6.07, 6.45) is -0.0116. The minimum Gasteiger partial charge on any atom is -0.465 e. The molecule has 4 heteroatoms. The Hall–Kier alpha value is -0.770. The van der Waals surface area contributed by atoms with Gasteiger partial charge in [0, 0.05) is 6.04 Å². The van der Waals surface area contributed by atoms with Crippen LogP contribution in [0.2, 0.25) is 0 Å². The highest BCUT2D eigenvalue weighted by atomic mass is 16.5. The molecule has 2 atom stereocenters. The Bertz CT molecular complexity index is 222. The molecule has 82 valence electrons. The molecule has 1 heterocycles. The fourth-order valence-corrected chi connectivity index (χ4v) is 1.83. The molecule has 1 N–H and O–H groups in total. The second kappa shape index (κ2) is 3.77. The number of ether oxygens (including phenoxy) is 1. The predicted molar refractivity (Wildman–Crippen MR) is 53.4 cm³/mol. The molecule has 1 aliphatic rings. The van der Waals surface area contributed by atoms with Gasteiger partial charge in [0.2, 0.25) is 0 Å². The average molecular weight is 201 g/mol. The number of nitrogens with zero attached hydrogens (tertiary/aromatic N) is 1. The van der Waals surface area contributed by atoms with Gasteiger partial charge in [-0.2, -0.15) is 0 Å². The van der Waals surface area contributed by atoms with Crippen molar-refractivity contribution < 1.29 is 14.6 Å². The summed E-state index contributed by atoms with van der Waals surface area (Å²) in [6.45, 7) is 8.37. The summed E-state index contributed by atoms with van der Waals surface area (Å²) in [5.41, 5.74) is -0.196. The quantitative estimate of drug-likeness (QED) is 0.705. The summed E-state index contributed by atoms with van der Waals surface area (Å²) in [5, 5.41) is 8.87. The van der Waals surface area contributed by atoms with E-state index < -0.39 is 6.09 Å². The fraction of sp³-hybridized carbons (Fsp3) is 0.900. The van der Waals surface area contributed by atoms with E-state index in [1.807, 2.05) is 27.7 Å². The van der Waals surface area contributed by atoms with Gasteiger partial charge in [-0.1, -0.05) is 0 Å². The van der Waals surface area contributed by atoms with E-state index in [1.165, 1.54) is 4.90 Å². The van der Waals surface area contributed by atoms with Crippen molar-refractivity contribution in [2.75, 3.05) is 6.54 Å². The molecular formula is C10H19NO3. The maximum absolute atomic E-state index is 10.8. The Kier molecular flexibility index (Phi) is 3.04. The fourth-order valence-electron chi connectivity index (χ4n) is 1.83. The van der Waals surface area contributed by atoms with Crippen LogP contribution in [0.25, 0.3) is 0 Å². The van der Waals surface area contributed by atoms with Gasteiger partial charge in [-0.25, -0.2) is 4.79 Å². The number of likely N-dealkylation sites (tertiary alicyclic amines) is 1. The van der Waals surface area contributed by atoms with Crippen molar-refractivity contribution in [1.29, 1.82) is 0 Å². The number of amides is 1. The highest BCUT2D eigenvalue weighted by Gasteiger charge is 2.34. The Morgan fingerprint density at radius 1 is 1.50 bits per heavy atom. The number of hydrogen-bond acceptors (Lipinski definition) is 2. The molecule has 14 heavy (non-hydrogen) atoms. The Balaban J connectivity index is 2.51. The van der Waals surface area contributed by atoms with Gasteiger partial charge < -0.3 is 14.7 Å². The van der Waals surface area contributed by atoms with Gasteiger partial charge in [-0.05, 0) is 34.1 Å². The standard InChI is InChI=1S/C10H19NO3/c1-7-5-8(14-10(2,3)4)6-11(7)9(12)13/h7-8H,5-6H2,1-4H3,(H,12,13)/t7?,8-/m1/s1. The SMILES string of the molecule is CC1C[C@@H](OC(C)(C)C)CN1C(=O)O. The lowest BCUT2D eigenvalue weighted by atomic mass is 10.1. The van der Waals surface area contributed by atoms with Gasteiger partial charge in [0.1, 0.15) is 0 Å². The third-order valence-electron chi connectivity index (χ3n) is 2.30. The van der Waals surface area contributed by atoms with E-state index in [1.54, 1.807) is 0 Å². The molecule has 1 fully saturated rings. The zero-order valence-electron chi connectivity index (χ0n) is 9.28. The first kappa shape index (κ1) is 11.3. The Labute approximate surface area is 84.8 Å². The van der Waals surface area contributed by atoms with Gasteiger partial charge in [0.25, 0.3) is 0 Å². The van der Waals surface area contributed by atoms with Crippen LogP contribution in [-0.2, 0) is 4.74 Å². The van der Waals surface area contributed by atoms with E-state index in [0.717, 1.165) is 6.42 Å². The molecule has 1 amide bonds. The van der Waals surface area contributed by atoms with E-state index >= 15 is 0 Å². The first-order valence-corrected chi connectivity index (χ1v) is 4.97. The molecule has 1 rings (SSSR count). The third kappa shape index (κ3) is 2.87. The Morgan fingerprint density at radius 2 is 2.07 bits per heavy atom. The van der Waals surface area contributed by atoms with Gasteiger partial charge in [0.15, 0.2) is 0 Å². The van der Waals surface area contributed by atoms with Crippen LogP contribution in [0.4, 0.5) is 4.79 Å². The zero-order chi connectivity index (χ0) is 10.9. The van der Waals surface area contributed by atoms with E-state index in [0.29, 0.717) is 6.54 Å². The lowest BCUT2D eigenvalue weighted by Crippen LogP contribution is -2.34. The van der Waals surface area contributed by atoms with E-state index in [2.05, 4.69) is 0 Å². The first-order chi connectivity index (χ1) is 6.29. The van der Waals surface area contributed by atoms with Gasteiger partial charge in [0.05, 0.1) is 18.2 Å². The Morgan fingerprint density at radius 3 is 2.43 bits per heavy atom. The third-order valence-corrected chi connectivity index (χ3v) is 2.30. The smallest absolute Gasteiger partial charge is 0.407 e. The summed E-state index contributed by atoms with van der Waals surface area (Å²) >= 11 is 0. The van der Waals surface area contributed by atoms with Crippen LogP contribution < -0.4 is 0 Å². The topological polar surface area (TPSA) is 49.8 Å². The highest BCUT2D eigenvalue weighted by Crippen LogP contribution is 2.23. The van der Waals surface area contributed by atoms with Crippen LogP contribution in [0.5, 0.6) is 0 Å². The summed E-state index contributed by atoms with van der Waals surface area (Å²) in [7, 11) is 0. The molecule has 0 aromatic carbocycles. The average Bonchev–Trinajstić information content (AvgIpc) is 2.26. The molecule has 0 spiro atoms. The van der Waals surface area contributed by atoms with Crippen LogP contribution in [0, 0.1) is 0 Å². The number of rotatable bonds is 1. The lowest BCUT2D eigenvalue weighted by Gasteiger charge is -2.24. The van der Waals surface area contributed by atoms with Crippen molar-refractivity contribution in [2.24, 2.45) is 0 Å². The highest BCUT2D eigenvalue weighted by molar-refractivity contribution is 5.65. The van der Waals surface area contributed by atoms with E-state index in [9.17, 15) is 4.79 Å². The molecule has 0 bridgehead atoms. The minimum absolute atomic E-state index is 0.0427. The lowest BCUT2D eigenvalue weighted by molar-refractivity contribution is -0.0535. The van der Waals surface area contributed by atoms with Crippen molar-refractivity contribution in [2.45, 2.75) is 51.9 Å². The van der Waals surface area contributed by atoms with Crippen molar-refractivity contribution in [3.05, 3.63) is 0 Å². The largest absolute Gasteiger partial charge is 0.465 e. The molecule has 0 saturated carbocycles. The maximum Gasteiger partial charge on any atom is 0.407 e. The molecular weight excluding hydrogens is 182 g/mol. The zero-order valence-corrected chi connectivity index (χ0v) is 9.28. The van der Waals surface area contributed by atoms with Crippen LogP contribution in [-0.4, -0.2) is 40.4 Å². The van der Waals surface area contributed by atoms with E-state index in [4.69, 9.17) is 9.84 Å². The molecule has 1 aliphatic heterocycles. The molecule has 0 aliphatic carbocycles. The van der Waals surface area contributed by atoms with Gasteiger partial charge >= 0.3 is 6.09 Å². The summed E-state index contributed by atoms with van der Waals surface area (Å²) in [6, 6.07) is 0.0693. The number of carbonyl (C=O) groups is 1. The molecule has 0 aromatic heterocycles. The van der Waals surface area contributed by atoms with Gasteiger partial charge in [-0.3, -0.25) is 0 Å². The molecule has 4 nitrogen and oxygen atoms in total. The molecule has 0 radical (unpaired) electrons. The second-order valence-electron chi connectivity index (χ2n) is 4.87. The summed E-state index contributed by atoms with van der Waals surface area (Å²) < 4.78 is 5.74.